The predicted octanol–water partition coefficient (Wildman–Crippen LogP) is 2.82. The fourth-order valence-corrected chi connectivity index (χ4v) is 3.81. The van der Waals surface area contributed by atoms with E-state index in [1.807, 2.05) is 6.92 Å². The SMILES string of the molecule is Cc1noc([C@@H]2[C@@H](C)OCCN2C(=O)NC2CCCCC2(C)C)n1. The molecule has 2 amide bonds. The van der Waals surface area contributed by atoms with Crippen LogP contribution in [0.15, 0.2) is 4.52 Å². The quantitative estimate of drug-likeness (QED) is 0.898. The first-order valence-electron chi connectivity index (χ1n) is 8.87. The molecular weight excluding hydrogens is 308 g/mol. The Morgan fingerprint density at radius 1 is 1.38 bits per heavy atom. The molecule has 1 saturated carbocycles. The van der Waals surface area contributed by atoms with Gasteiger partial charge in [0.15, 0.2) is 5.82 Å². The number of aryl methyl sites for hydroxylation is 1. The van der Waals surface area contributed by atoms with Gasteiger partial charge in [0, 0.05) is 12.6 Å². The van der Waals surface area contributed by atoms with E-state index >= 15 is 0 Å². The first-order chi connectivity index (χ1) is 11.4. The number of morpholine rings is 1. The molecule has 0 bridgehead atoms. The van der Waals surface area contributed by atoms with E-state index in [4.69, 9.17) is 9.26 Å². The second-order valence-electron chi connectivity index (χ2n) is 7.63. The molecule has 2 fully saturated rings. The first kappa shape index (κ1) is 17.2. The average Bonchev–Trinajstić information content (AvgIpc) is 2.95. The Labute approximate surface area is 143 Å². The number of ether oxygens (including phenoxy) is 1. The van der Waals surface area contributed by atoms with Gasteiger partial charge < -0.3 is 19.5 Å². The van der Waals surface area contributed by atoms with Gasteiger partial charge in [-0.1, -0.05) is 31.8 Å². The second-order valence-corrected chi connectivity index (χ2v) is 7.63. The molecule has 1 saturated heterocycles. The third-order valence-corrected chi connectivity index (χ3v) is 5.36. The van der Waals surface area contributed by atoms with Gasteiger partial charge in [-0.05, 0) is 32.1 Å². The number of amides is 2. The molecule has 1 unspecified atom stereocenters. The number of rotatable bonds is 2. The highest BCUT2D eigenvalue weighted by atomic mass is 16.5. The van der Waals surface area contributed by atoms with Gasteiger partial charge in [0.1, 0.15) is 6.04 Å². The van der Waals surface area contributed by atoms with Crippen molar-refractivity contribution < 1.29 is 14.1 Å². The number of nitrogens with one attached hydrogen (secondary N) is 1. The van der Waals surface area contributed by atoms with E-state index in [0.717, 1.165) is 12.8 Å². The predicted molar refractivity (Wildman–Crippen MR) is 88.5 cm³/mol. The van der Waals surface area contributed by atoms with Crippen LogP contribution in [0, 0.1) is 12.3 Å². The van der Waals surface area contributed by atoms with Gasteiger partial charge in [-0.25, -0.2) is 4.79 Å². The molecule has 2 heterocycles. The minimum atomic E-state index is -0.341. The summed E-state index contributed by atoms with van der Waals surface area (Å²) in [6.07, 6.45) is 4.40. The van der Waals surface area contributed by atoms with Crippen molar-refractivity contribution in [2.45, 2.75) is 71.6 Å². The molecule has 3 atom stereocenters. The van der Waals surface area contributed by atoms with Crippen LogP contribution in [0.3, 0.4) is 0 Å². The third kappa shape index (κ3) is 3.41. The van der Waals surface area contributed by atoms with Crippen molar-refractivity contribution >= 4 is 6.03 Å². The van der Waals surface area contributed by atoms with E-state index in [1.54, 1.807) is 11.8 Å². The van der Waals surface area contributed by atoms with Crippen LogP contribution in [-0.4, -0.2) is 46.4 Å². The monoisotopic (exact) mass is 336 g/mol. The van der Waals surface area contributed by atoms with E-state index in [0.29, 0.717) is 24.9 Å². The van der Waals surface area contributed by atoms with Crippen LogP contribution in [0.4, 0.5) is 4.79 Å². The summed E-state index contributed by atoms with van der Waals surface area (Å²) in [6, 6.07) is -0.209. The van der Waals surface area contributed by atoms with Gasteiger partial charge in [0.25, 0.3) is 5.89 Å². The Morgan fingerprint density at radius 2 is 2.17 bits per heavy atom. The summed E-state index contributed by atoms with van der Waals surface area (Å²) in [5.41, 5.74) is 0.127. The fourth-order valence-electron chi connectivity index (χ4n) is 3.81. The summed E-state index contributed by atoms with van der Waals surface area (Å²) in [7, 11) is 0. The van der Waals surface area contributed by atoms with Crippen molar-refractivity contribution in [3.8, 4) is 0 Å². The maximum Gasteiger partial charge on any atom is 0.318 e. The number of nitrogens with zero attached hydrogens (tertiary/aromatic N) is 3. The highest BCUT2D eigenvalue weighted by Gasteiger charge is 2.40. The first-order valence-corrected chi connectivity index (χ1v) is 8.87. The Morgan fingerprint density at radius 3 is 2.83 bits per heavy atom. The van der Waals surface area contributed by atoms with Gasteiger partial charge in [0.2, 0.25) is 0 Å². The highest BCUT2D eigenvalue weighted by molar-refractivity contribution is 5.75. The third-order valence-electron chi connectivity index (χ3n) is 5.36. The topological polar surface area (TPSA) is 80.5 Å². The van der Waals surface area contributed by atoms with Crippen LogP contribution < -0.4 is 5.32 Å². The van der Waals surface area contributed by atoms with Crippen molar-refractivity contribution in [3.63, 3.8) is 0 Å². The summed E-state index contributed by atoms with van der Waals surface area (Å²) in [5.74, 6) is 1.01. The zero-order chi connectivity index (χ0) is 17.3. The summed E-state index contributed by atoms with van der Waals surface area (Å²) >= 11 is 0. The number of aromatic nitrogens is 2. The minimum absolute atomic E-state index is 0.0639. The second kappa shape index (κ2) is 6.70. The van der Waals surface area contributed by atoms with Crippen molar-refractivity contribution in [2.75, 3.05) is 13.2 Å². The summed E-state index contributed by atoms with van der Waals surface area (Å²) in [6.45, 7) is 9.22. The maximum atomic E-state index is 13.0. The highest BCUT2D eigenvalue weighted by Crippen LogP contribution is 2.36. The van der Waals surface area contributed by atoms with Crippen LogP contribution in [0.25, 0.3) is 0 Å². The molecule has 3 rings (SSSR count). The van der Waals surface area contributed by atoms with Gasteiger partial charge in [-0.15, -0.1) is 0 Å². The molecule has 7 heteroatoms. The van der Waals surface area contributed by atoms with Gasteiger partial charge >= 0.3 is 6.03 Å². The average molecular weight is 336 g/mol. The molecule has 1 aromatic heterocycles. The standard InChI is InChI=1S/C17H28N4O3/c1-11-14(15-18-12(2)20-24-15)21(9-10-23-11)16(22)19-13-7-5-6-8-17(13,3)4/h11,13-14H,5-10H2,1-4H3,(H,19,22)/t11-,13?,14+/m1/s1. The van der Waals surface area contributed by atoms with Crippen LogP contribution in [-0.2, 0) is 4.74 Å². The van der Waals surface area contributed by atoms with Gasteiger partial charge in [-0.2, -0.15) is 4.98 Å². The lowest BCUT2D eigenvalue weighted by atomic mass is 9.73. The normalized spacial score (nSPS) is 30.2. The zero-order valence-corrected chi connectivity index (χ0v) is 15.0. The lowest BCUT2D eigenvalue weighted by molar-refractivity contribution is -0.0556. The number of urea groups is 1. The van der Waals surface area contributed by atoms with Crippen molar-refractivity contribution in [1.82, 2.24) is 20.4 Å². The molecule has 0 radical (unpaired) electrons. The van der Waals surface area contributed by atoms with E-state index in [-0.39, 0.29) is 29.6 Å². The molecule has 7 nitrogen and oxygen atoms in total. The van der Waals surface area contributed by atoms with Gasteiger partial charge in [-0.3, -0.25) is 0 Å². The molecule has 0 spiro atoms. The lowest BCUT2D eigenvalue weighted by Gasteiger charge is -2.42. The molecule has 1 N–H and O–H groups in total. The molecule has 1 aliphatic carbocycles. The largest absolute Gasteiger partial charge is 0.374 e. The maximum absolute atomic E-state index is 13.0. The number of carbonyl (C=O) groups excluding carboxylic acids is 1. The summed E-state index contributed by atoms with van der Waals surface area (Å²) in [4.78, 5) is 19.1. The Bertz CT molecular complexity index is 586. The number of carbonyl (C=O) groups is 1. The number of hydrogen-bond acceptors (Lipinski definition) is 5. The van der Waals surface area contributed by atoms with Crippen molar-refractivity contribution in [2.24, 2.45) is 5.41 Å². The zero-order valence-electron chi connectivity index (χ0n) is 15.0. The van der Waals surface area contributed by atoms with Crippen LogP contribution in [0.2, 0.25) is 0 Å². The van der Waals surface area contributed by atoms with E-state index in [1.165, 1.54) is 12.8 Å². The molecule has 134 valence electrons. The van der Waals surface area contributed by atoms with Crippen molar-refractivity contribution in [1.29, 1.82) is 0 Å². The van der Waals surface area contributed by atoms with Crippen LogP contribution in [0.5, 0.6) is 0 Å². The van der Waals surface area contributed by atoms with Crippen LogP contribution in [0.1, 0.15) is 64.2 Å². The van der Waals surface area contributed by atoms with Crippen molar-refractivity contribution in [3.05, 3.63) is 11.7 Å². The summed E-state index contributed by atoms with van der Waals surface area (Å²) < 4.78 is 11.0. The van der Waals surface area contributed by atoms with E-state index in [2.05, 4.69) is 29.3 Å². The molecular formula is C17H28N4O3. The van der Waals surface area contributed by atoms with Gasteiger partial charge in [0.05, 0.1) is 12.7 Å². The minimum Gasteiger partial charge on any atom is -0.374 e. The summed E-state index contributed by atoms with van der Waals surface area (Å²) in [5, 5.41) is 7.11. The van der Waals surface area contributed by atoms with Crippen LogP contribution >= 0.6 is 0 Å². The smallest absolute Gasteiger partial charge is 0.318 e. The molecule has 1 aromatic rings. The molecule has 2 aliphatic rings. The number of hydrogen-bond donors (Lipinski definition) is 1. The Kier molecular flexibility index (Phi) is 4.80. The Balaban J connectivity index is 1.76. The van der Waals surface area contributed by atoms with E-state index < -0.39 is 0 Å². The molecule has 0 aromatic carbocycles. The molecule has 1 aliphatic heterocycles. The fraction of sp³-hybridized carbons (Fsp3) is 0.824. The Hall–Kier alpha value is -1.63. The molecule has 24 heavy (non-hydrogen) atoms. The van der Waals surface area contributed by atoms with E-state index in [9.17, 15) is 4.79 Å². The lowest BCUT2D eigenvalue weighted by Crippen LogP contribution is -2.56.